The van der Waals surface area contributed by atoms with Crippen LogP contribution in [0.5, 0.6) is 11.5 Å². The van der Waals surface area contributed by atoms with Gasteiger partial charge in [0.25, 0.3) is 0 Å². The molecule has 4 N–H and O–H groups in total. The number of rotatable bonds is 2. The second-order valence-electron chi connectivity index (χ2n) is 9.84. The Kier molecular flexibility index (Phi) is 3.67. The lowest BCUT2D eigenvalue weighted by atomic mass is 9.47. The van der Waals surface area contributed by atoms with Crippen LogP contribution < -0.4 is 4.74 Å². The maximum absolute atomic E-state index is 12.9. The molecule has 1 aromatic rings. The molecule has 2 bridgehead atoms. The van der Waals surface area contributed by atoms with Gasteiger partial charge in [-0.2, -0.15) is 0 Å². The molecule has 1 spiro atoms. The summed E-state index contributed by atoms with van der Waals surface area (Å²) in [6.45, 7) is 0.778. The number of piperidine rings is 1. The third-order valence-corrected chi connectivity index (χ3v) is 8.43. The van der Waals surface area contributed by atoms with Gasteiger partial charge in [-0.15, -0.1) is 0 Å². The van der Waals surface area contributed by atoms with Gasteiger partial charge in [0.15, 0.2) is 23.8 Å². The fourth-order valence-corrected chi connectivity index (χ4v) is 6.94. The van der Waals surface area contributed by atoms with Gasteiger partial charge in [-0.25, -0.2) is 0 Å². The number of aliphatic hydroxyl groups is 3. The van der Waals surface area contributed by atoms with Gasteiger partial charge < -0.3 is 32.6 Å². The van der Waals surface area contributed by atoms with Crippen molar-refractivity contribution < 1.29 is 34.4 Å². The zero-order valence-corrected chi connectivity index (χ0v) is 16.8. The molecule has 5 aliphatic rings. The fourth-order valence-electron chi connectivity index (χ4n) is 6.94. The molecular formula is C22H29NO6. The van der Waals surface area contributed by atoms with Crippen LogP contribution in [-0.4, -0.2) is 74.4 Å². The Bertz CT molecular complexity index is 915. The average molecular weight is 403 g/mol. The molecule has 2 saturated carbocycles. The summed E-state index contributed by atoms with van der Waals surface area (Å²) in [7, 11) is 2.00. The summed E-state index contributed by atoms with van der Waals surface area (Å²) in [6.07, 6.45) is -0.245. The number of hydrogen-bond acceptors (Lipinski definition) is 6. The number of aliphatic hydroxyl groups excluding tert-OH is 2. The summed E-state index contributed by atoms with van der Waals surface area (Å²) in [6, 6.07) is 3.07. The highest BCUT2D eigenvalue weighted by molar-refractivity contribution is 5.93. The van der Waals surface area contributed by atoms with Gasteiger partial charge in [0, 0.05) is 30.7 Å². The van der Waals surface area contributed by atoms with Crippen LogP contribution >= 0.6 is 0 Å². The average Bonchev–Trinajstić information content (AvgIpc) is 3.37. The molecule has 3 aliphatic carbocycles. The topological polar surface area (TPSA) is 107 Å². The summed E-state index contributed by atoms with van der Waals surface area (Å²) < 4.78 is 6.26. The predicted octanol–water partition coefficient (Wildman–Crippen LogP) is 0.409. The molecule has 6 rings (SSSR count). The van der Waals surface area contributed by atoms with Crippen molar-refractivity contribution in [2.45, 2.75) is 67.6 Å². The van der Waals surface area contributed by atoms with Crippen molar-refractivity contribution in [2.24, 2.45) is 5.92 Å². The number of ketones is 1. The van der Waals surface area contributed by atoms with E-state index >= 15 is 0 Å². The maximum Gasteiger partial charge on any atom is 0.202 e. The molecule has 7 atom stereocenters. The maximum atomic E-state index is 12.9. The molecule has 0 amide bonds. The van der Waals surface area contributed by atoms with Crippen LogP contribution in [0.25, 0.3) is 0 Å². The second kappa shape index (κ2) is 5.52. The number of likely N-dealkylation sites (N-methyl/N-ethyl adjacent to an activating group) is 1. The number of aromatic hydroxyl groups is 1. The van der Waals surface area contributed by atoms with E-state index in [1.165, 1.54) is 0 Å². The quantitative estimate of drug-likeness (QED) is 0.421. The number of carbonyl (C=O) groups is 1. The lowest BCUT2D eigenvalue weighted by Crippen LogP contribution is -2.84. The van der Waals surface area contributed by atoms with Gasteiger partial charge in [0.1, 0.15) is 17.7 Å². The van der Waals surface area contributed by atoms with E-state index in [2.05, 4.69) is 0 Å². The number of quaternary nitrogens is 1. The minimum absolute atomic E-state index is 0. The van der Waals surface area contributed by atoms with Gasteiger partial charge in [0.05, 0.1) is 19.0 Å². The molecule has 1 aromatic carbocycles. The first-order valence-corrected chi connectivity index (χ1v) is 10.2. The smallest absolute Gasteiger partial charge is 0.202 e. The van der Waals surface area contributed by atoms with Crippen molar-refractivity contribution in [3.05, 3.63) is 30.7 Å². The predicted molar refractivity (Wildman–Crippen MR) is 103 cm³/mol. The first-order chi connectivity index (χ1) is 13.2. The summed E-state index contributed by atoms with van der Waals surface area (Å²) in [5.41, 5.74) is -0.898. The van der Waals surface area contributed by atoms with Gasteiger partial charge in [-0.1, -0.05) is 6.07 Å². The minimum atomic E-state index is -1.39. The number of phenolic OH excluding ortho intramolecular Hbond substituents is 1. The molecule has 2 heterocycles. The Balaban J connectivity index is 0.00000181. The highest BCUT2D eigenvalue weighted by Gasteiger charge is 2.79. The Labute approximate surface area is 170 Å². The molecular weight excluding hydrogens is 374 g/mol. The summed E-state index contributed by atoms with van der Waals surface area (Å²) in [4.78, 5) is 12.9. The summed E-state index contributed by atoms with van der Waals surface area (Å²) >= 11 is 0. The van der Waals surface area contributed by atoms with Crippen molar-refractivity contribution in [3.63, 3.8) is 0 Å². The zero-order valence-electron chi connectivity index (χ0n) is 16.8. The normalized spacial score (nSPS) is 46.6. The largest absolute Gasteiger partial charge is 0.504 e. The Morgan fingerprint density at radius 3 is 2.66 bits per heavy atom. The Morgan fingerprint density at radius 1 is 1.24 bits per heavy atom. The van der Waals surface area contributed by atoms with E-state index < -0.39 is 35.2 Å². The number of likely N-dealkylation sites (tertiary alicyclic amines) is 1. The molecule has 1 saturated heterocycles. The van der Waals surface area contributed by atoms with Crippen LogP contribution in [0.15, 0.2) is 12.1 Å². The van der Waals surface area contributed by atoms with Crippen LogP contribution in [0.2, 0.25) is 0 Å². The second-order valence-corrected chi connectivity index (χ2v) is 9.84. The van der Waals surface area contributed by atoms with Crippen molar-refractivity contribution in [1.82, 2.24) is 0 Å². The number of nitrogens with zero attached hydrogens (tertiary/aromatic N) is 1. The van der Waals surface area contributed by atoms with E-state index in [0.717, 1.165) is 24.9 Å². The molecule has 0 aromatic heterocycles. The van der Waals surface area contributed by atoms with Crippen LogP contribution in [-0.2, 0) is 16.6 Å². The SMILES string of the molecule is C[N@+]1(CC2CC2)C(O)C[C@]23c4c5ccc(O)c4O[C@H]2C(=O)C(O)C[C@@]3(O)[C@H]1C5.[CH3-]. The van der Waals surface area contributed by atoms with E-state index in [9.17, 15) is 25.2 Å². The number of ether oxygens (including phenoxy) is 1. The zero-order chi connectivity index (χ0) is 19.6. The highest BCUT2D eigenvalue weighted by atomic mass is 16.5. The standard InChI is InChI=1S/C21H25NO6.CH3/c1-22(9-10-2-3-10)14-6-11-4-5-12(23)18-16(11)20(8-15(22)25)19(28-18)17(26)13(24)7-21(14,20)27;/h4-5,10,13-15,19,24-25,27H,2-3,6-9H2,1H3;1H3/q;-1/p+1/t13?,14-,15?,19+,20+,21-,22-;/m1./s1. The Morgan fingerprint density at radius 2 is 1.97 bits per heavy atom. The third kappa shape index (κ3) is 2.00. The molecule has 2 aliphatic heterocycles. The third-order valence-electron chi connectivity index (χ3n) is 8.43. The molecule has 7 heteroatoms. The van der Waals surface area contributed by atoms with Crippen LogP contribution in [0, 0.1) is 13.3 Å². The van der Waals surface area contributed by atoms with Crippen LogP contribution in [0.3, 0.4) is 0 Å². The fraction of sp³-hybridized carbons (Fsp3) is 0.636. The molecule has 3 fully saturated rings. The van der Waals surface area contributed by atoms with E-state index in [1.54, 1.807) is 6.07 Å². The molecule has 7 nitrogen and oxygen atoms in total. The van der Waals surface area contributed by atoms with Crippen molar-refractivity contribution >= 4 is 5.78 Å². The molecule has 29 heavy (non-hydrogen) atoms. The van der Waals surface area contributed by atoms with Crippen LogP contribution in [0.4, 0.5) is 0 Å². The van der Waals surface area contributed by atoms with Crippen molar-refractivity contribution in [1.29, 1.82) is 0 Å². The minimum Gasteiger partial charge on any atom is -0.504 e. The monoisotopic (exact) mass is 403 g/mol. The number of hydrogen-bond donors (Lipinski definition) is 4. The first kappa shape index (κ1) is 19.3. The molecule has 0 radical (unpaired) electrons. The van der Waals surface area contributed by atoms with Crippen LogP contribution in [0.1, 0.15) is 36.8 Å². The summed E-state index contributed by atoms with van der Waals surface area (Å²) in [5.74, 6) is 0.227. The van der Waals surface area contributed by atoms with E-state index in [-0.39, 0.29) is 37.8 Å². The van der Waals surface area contributed by atoms with E-state index in [1.807, 2.05) is 13.1 Å². The number of carbonyl (C=O) groups excluding carboxylic acids is 1. The number of benzene rings is 1. The van der Waals surface area contributed by atoms with Crippen molar-refractivity contribution in [3.8, 4) is 11.5 Å². The van der Waals surface area contributed by atoms with Gasteiger partial charge in [-0.3, -0.25) is 9.28 Å². The Hall–Kier alpha value is -1.67. The van der Waals surface area contributed by atoms with Gasteiger partial charge in [-0.05, 0) is 24.5 Å². The number of Topliss-reactive ketones (excluding diaryl/α,β-unsaturated/α-hetero) is 1. The summed E-state index contributed by atoms with van der Waals surface area (Å²) in [5, 5.41) is 44.4. The van der Waals surface area contributed by atoms with Gasteiger partial charge >= 0.3 is 0 Å². The first-order valence-electron chi connectivity index (χ1n) is 10.2. The highest BCUT2D eigenvalue weighted by Crippen LogP contribution is 2.66. The van der Waals surface area contributed by atoms with Crippen molar-refractivity contribution in [2.75, 3.05) is 13.6 Å². The lowest BCUT2D eigenvalue weighted by Gasteiger charge is -2.66. The van der Waals surface area contributed by atoms with Gasteiger partial charge in [0.2, 0.25) is 5.78 Å². The molecule has 158 valence electrons. The molecule has 2 unspecified atom stereocenters. The number of phenols is 1. The lowest BCUT2D eigenvalue weighted by molar-refractivity contribution is -0.992. The van der Waals surface area contributed by atoms with E-state index in [4.69, 9.17) is 4.74 Å². The van der Waals surface area contributed by atoms with E-state index in [0.29, 0.717) is 22.4 Å².